The Kier molecular flexibility index (Phi) is 5.83. The van der Waals surface area contributed by atoms with Crippen molar-refractivity contribution >= 4 is 11.9 Å². The van der Waals surface area contributed by atoms with Gasteiger partial charge in [-0.15, -0.1) is 0 Å². The van der Waals surface area contributed by atoms with Gasteiger partial charge in [-0.3, -0.25) is 4.79 Å². The van der Waals surface area contributed by atoms with Crippen molar-refractivity contribution in [3.05, 3.63) is 52.9 Å². The molecule has 7 nitrogen and oxygen atoms in total. The number of likely N-dealkylation sites (tertiary alicyclic amines) is 1. The summed E-state index contributed by atoms with van der Waals surface area (Å²) in [6.45, 7) is 3.01. The van der Waals surface area contributed by atoms with Crippen LogP contribution < -0.4 is 10.6 Å². The molecule has 2 aromatic rings. The molecule has 0 unspecified atom stereocenters. The summed E-state index contributed by atoms with van der Waals surface area (Å²) < 4.78 is 4.96. The van der Waals surface area contributed by atoms with Gasteiger partial charge < -0.3 is 20.1 Å². The van der Waals surface area contributed by atoms with Crippen LogP contribution in [0.25, 0.3) is 0 Å². The molecule has 3 amide bonds. The molecule has 1 aromatic carbocycles. The molecular formula is C22H28N4O3. The van der Waals surface area contributed by atoms with Gasteiger partial charge in [0.05, 0.1) is 6.04 Å². The van der Waals surface area contributed by atoms with E-state index in [0.717, 1.165) is 32.1 Å². The van der Waals surface area contributed by atoms with E-state index < -0.39 is 0 Å². The number of hydrogen-bond acceptors (Lipinski definition) is 4. The number of urea groups is 1. The second kappa shape index (κ2) is 8.68. The summed E-state index contributed by atoms with van der Waals surface area (Å²) in [5.41, 5.74) is 2.90. The van der Waals surface area contributed by atoms with Crippen LogP contribution in [-0.2, 0) is 6.42 Å². The van der Waals surface area contributed by atoms with E-state index in [1.54, 1.807) is 13.0 Å². The minimum absolute atomic E-state index is 0.0106. The van der Waals surface area contributed by atoms with Crippen LogP contribution in [0.2, 0.25) is 0 Å². The van der Waals surface area contributed by atoms with Crippen molar-refractivity contribution < 1.29 is 14.1 Å². The molecule has 2 aliphatic rings. The third-order valence-corrected chi connectivity index (χ3v) is 5.90. The number of piperidine rings is 1. The van der Waals surface area contributed by atoms with Crippen molar-refractivity contribution in [2.45, 2.75) is 57.5 Å². The Bertz CT molecular complexity index is 870. The van der Waals surface area contributed by atoms with Gasteiger partial charge in [-0.05, 0) is 50.2 Å². The lowest BCUT2D eigenvalue weighted by molar-refractivity contribution is 0.0908. The number of benzene rings is 1. The molecule has 1 aliphatic heterocycles. The van der Waals surface area contributed by atoms with Crippen molar-refractivity contribution in [2.75, 3.05) is 13.1 Å². The van der Waals surface area contributed by atoms with Crippen LogP contribution in [0, 0.1) is 6.92 Å². The highest BCUT2D eigenvalue weighted by atomic mass is 16.5. The molecule has 1 aromatic heterocycles. The second-order valence-corrected chi connectivity index (χ2v) is 8.00. The number of carbonyl (C=O) groups excluding carboxylic acids is 2. The SMILES string of the molecule is Cc1cc(C(=O)NC2CCN(C(=O)N[C@H]3CCCCc4ccccc43)CC2)no1. The number of nitrogens with zero attached hydrogens (tertiary/aromatic N) is 2. The normalized spacial score (nSPS) is 19.9. The molecule has 0 bridgehead atoms. The van der Waals surface area contributed by atoms with Crippen LogP contribution in [0.4, 0.5) is 4.79 Å². The molecule has 29 heavy (non-hydrogen) atoms. The molecule has 1 saturated heterocycles. The van der Waals surface area contributed by atoms with Gasteiger partial charge in [-0.2, -0.15) is 0 Å². The second-order valence-electron chi connectivity index (χ2n) is 8.00. The third kappa shape index (κ3) is 4.60. The largest absolute Gasteiger partial charge is 0.361 e. The molecular weight excluding hydrogens is 368 g/mol. The van der Waals surface area contributed by atoms with Crippen molar-refractivity contribution in [3.63, 3.8) is 0 Å². The lowest BCUT2D eigenvalue weighted by Crippen LogP contribution is -2.50. The molecule has 2 N–H and O–H groups in total. The monoisotopic (exact) mass is 396 g/mol. The maximum absolute atomic E-state index is 12.8. The number of rotatable bonds is 3. The Balaban J connectivity index is 1.30. The zero-order valence-electron chi connectivity index (χ0n) is 16.8. The highest BCUT2D eigenvalue weighted by Crippen LogP contribution is 2.28. The van der Waals surface area contributed by atoms with Crippen LogP contribution in [0.3, 0.4) is 0 Å². The number of nitrogens with one attached hydrogen (secondary N) is 2. The first-order chi connectivity index (χ1) is 14.1. The van der Waals surface area contributed by atoms with Crippen molar-refractivity contribution in [1.29, 1.82) is 0 Å². The summed E-state index contributed by atoms with van der Waals surface area (Å²) in [5, 5.41) is 9.99. The van der Waals surface area contributed by atoms with Crippen LogP contribution in [-0.4, -0.2) is 41.1 Å². The van der Waals surface area contributed by atoms with Gasteiger partial charge in [0, 0.05) is 25.2 Å². The molecule has 2 heterocycles. The highest BCUT2D eigenvalue weighted by Gasteiger charge is 2.27. The van der Waals surface area contributed by atoms with E-state index in [-0.39, 0.29) is 24.0 Å². The predicted molar refractivity (Wildman–Crippen MR) is 109 cm³/mol. The van der Waals surface area contributed by atoms with Gasteiger partial charge in [0.25, 0.3) is 5.91 Å². The fourth-order valence-electron chi connectivity index (χ4n) is 4.27. The zero-order chi connectivity index (χ0) is 20.2. The van der Waals surface area contributed by atoms with E-state index in [2.05, 4.69) is 34.0 Å². The lowest BCUT2D eigenvalue weighted by Gasteiger charge is -2.33. The zero-order valence-corrected chi connectivity index (χ0v) is 16.8. The van der Waals surface area contributed by atoms with Crippen molar-refractivity contribution in [1.82, 2.24) is 20.7 Å². The number of amides is 3. The molecule has 7 heteroatoms. The summed E-state index contributed by atoms with van der Waals surface area (Å²) in [6.07, 6.45) is 5.81. The number of carbonyl (C=O) groups is 2. The number of fused-ring (bicyclic) bond motifs is 1. The van der Waals surface area contributed by atoms with Gasteiger partial charge in [0.15, 0.2) is 5.69 Å². The van der Waals surface area contributed by atoms with Crippen LogP contribution >= 0.6 is 0 Å². The molecule has 0 spiro atoms. The summed E-state index contributed by atoms with van der Waals surface area (Å²) in [5.74, 6) is 0.390. The van der Waals surface area contributed by atoms with Gasteiger partial charge in [-0.1, -0.05) is 35.8 Å². The molecule has 154 valence electrons. The minimum Gasteiger partial charge on any atom is -0.361 e. The topological polar surface area (TPSA) is 87.5 Å². The fourth-order valence-corrected chi connectivity index (χ4v) is 4.27. The Morgan fingerprint density at radius 2 is 1.90 bits per heavy atom. The maximum atomic E-state index is 12.8. The van der Waals surface area contributed by atoms with E-state index in [1.807, 2.05) is 11.0 Å². The predicted octanol–water partition coefficient (Wildman–Crippen LogP) is 3.35. The fraction of sp³-hybridized carbons (Fsp3) is 0.500. The van der Waals surface area contributed by atoms with Crippen molar-refractivity contribution in [2.24, 2.45) is 0 Å². The lowest BCUT2D eigenvalue weighted by atomic mass is 9.99. The van der Waals surface area contributed by atoms with E-state index in [0.29, 0.717) is 24.5 Å². The molecule has 1 aliphatic carbocycles. The van der Waals surface area contributed by atoms with Gasteiger partial charge >= 0.3 is 6.03 Å². The first-order valence-electron chi connectivity index (χ1n) is 10.5. The van der Waals surface area contributed by atoms with E-state index in [4.69, 9.17) is 4.52 Å². The molecule has 0 radical (unpaired) electrons. The summed E-state index contributed by atoms with van der Waals surface area (Å²) in [6, 6.07) is 10.2. The molecule has 1 fully saturated rings. The first-order valence-corrected chi connectivity index (χ1v) is 10.5. The van der Waals surface area contributed by atoms with E-state index in [9.17, 15) is 9.59 Å². The van der Waals surface area contributed by atoms with Crippen LogP contribution in [0.5, 0.6) is 0 Å². The van der Waals surface area contributed by atoms with E-state index in [1.165, 1.54) is 17.5 Å². The Labute approximate surface area is 170 Å². The van der Waals surface area contributed by atoms with Crippen molar-refractivity contribution in [3.8, 4) is 0 Å². The first kappa shape index (κ1) is 19.5. The minimum atomic E-state index is -0.222. The third-order valence-electron chi connectivity index (χ3n) is 5.90. The smallest absolute Gasteiger partial charge is 0.317 e. The number of aryl methyl sites for hydroxylation is 2. The Morgan fingerprint density at radius 3 is 2.66 bits per heavy atom. The van der Waals surface area contributed by atoms with Gasteiger partial charge in [0.2, 0.25) is 0 Å². The Morgan fingerprint density at radius 1 is 1.10 bits per heavy atom. The van der Waals surface area contributed by atoms with Crippen LogP contribution in [0.15, 0.2) is 34.9 Å². The standard InChI is InChI=1S/C22H28N4O3/c1-15-14-20(25-29-15)21(27)23-17-10-12-26(13-11-17)22(28)24-19-9-5-3-7-16-6-2-4-8-18(16)19/h2,4,6,8,14,17,19H,3,5,7,9-13H2,1H3,(H,23,27)(H,24,28)/t19-/m0/s1. The quantitative estimate of drug-likeness (QED) is 0.779. The number of aromatic nitrogens is 1. The highest BCUT2D eigenvalue weighted by molar-refractivity contribution is 5.92. The molecule has 0 saturated carbocycles. The average Bonchev–Trinajstić information content (AvgIpc) is 3.07. The molecule has 1 atom stereocenters. The summed E-state index contributed by atoms with van der Waals surface area (Å²) >= 11 is 0. The van der Waals surface area contributed by atoms with Gasteiger partial charge in [-0.25, -0.2) is 4.79 Å². The number of hydrogen-bond donors (Lipinski definition) is 2. The van der Waals surface area contributed by atoms with E-state index >= 15 is 0 Å². The van der Waals surface area contributed by atoms with Crippen LogP contribution in [0.1, 0.15) is 65.5 Å². The average molecular weight is 396 g/mol. The summed E-state index contributed by atoms with van der Waals surface area (Å²) in [7, 11) is 0. The molecule has 4 rings (SSSR count). The Hall–Kier alpha value is -2.83. The maximum Gasteiger partial charge on any atom is 0.317 e. The summed E-state index contributed by atoms with van der Waals surface area (Å²) in [4.78, 5) is 26.9. The van der Waals surface area contributed by atoms with Gasteiger partial charge in [0.1, 0.15) is 5.76 Å².